The zero-order valence-electron chi connectivity index (χ0n) is 11.2. The maximum Gasteiger partial charge on any atom is 0.254 e. The summed E-state index contributed by atoms with van der Waals surface area (Å²) in [6.07, 6.45) is -0.505. The van der Waals surface area contributed by atoms with Crippen molar-refractivity contribution in [2.75, 3.05) is 13.6 Å². The van der Waals surface area contributed by atoms with Crippen LogP contribution in [0.1, 0.15) is 34.0 Å². The Morgan fingerprint density at radius 2 is 1.76 bits per heavy atom. The third-order valence-corrected chi connectivity index (χ3v) is 2.78. The first-order valence-electron chi connectivity index (χ1n) is 5.84. The molecule has 3 nitrogen and oxygen atoms in total. The Kier molecular flexibility index (Phi) is 4.29. The fourth-order valence-corrected chi connectivity index (χ4v) is 2.19. The number of amides is 1. The Morgan fingerprint density at radius 3 is 2.18 bits per heavy atom. The van der Waals surface area contributed by atoms with E-state index in [1.54, 1.807) is 18.9 Å². The Labute approximate surface area is 103 Å². The first-order chi connectivity index (χ1) is 7.82. The molecule has 17 heavy (non-hydrogen) atoms. The molecule has 1 atom stereocenters. The minimum Gasteiger partial charge on any atom is -0.392 e. The summed E-state index contributed by atoms with van der Waals surface area (Å²) in [4.78, 5) is 13.8. The van der Waals surface area contributed by atoms with Crippen molar-refractivity contribution in [2.45, 2.75) is 33.8 Å². The molecule has 0 saturated carbocycles. The molecule has 94 valence electrons. The molecule has 1 N–H and O–H groups in total. The van der Waals surface area contributed by atoms with E-state index in [1.807, 2.05) is 32.9 Å². The molecule has 0 radical (unpaired) electrons. The topological polar surface area (TPSA) is 40.5 Å². The Bertz CT molecular complexity index is 401. The van der Waals surface area contributed by atoms with Gasteiger partial charge in [-0.25, -0.2) is 0 Å². The number of aliphatic hydroxyl groups is 1. The summed E-state index contributed by atoms with van der Waals surface area (Å²) in [5.41, 5.74) is 3.89. The van der Waals surface area contributed by atoms with Crippen LogP contribution < -0.4 is 0 Å². The van der Waals surface area contributed by atoms with Gasteiger partial charge in [-0.15, -0.1) is 0 Å². The van der Waals surface area contributed by atoms with Gasteiger partial charge in [0.15, 0.2) is 0 Å². The second-order valence-electron chi connectivity index (χ2n) is 4.81. The zero-order valence-corrected chi connectivity index (χ0v) is 11.2. The second kappa shape index (κ2) is 5.32. The average molecular weight is 235 g/mol. The van der Waals surface area contributed by atoms with Crippen LogP contribution in [0.25, 0.3) is 0 Å². The van der Waals surface area contributed by atoms with Crippen LogP contribution in [0, 0.1) is 20.8 Å². The van der Waals surface area contributed by atoms with Gasteiger partial charge in [0.05, 0.1) is 6.10 Å². The normalized spacial score (nSPS) is 12.4. The molecular formula is C14H21NO2. The van der Waals surface area contributed by atoms with E-state index >= 15 is 0 Å². The first-order valence-corrected chi connectivity index (χ1v) is 5.84. The number of rotatable bonds is 3. The number of hydrogen-bond acceptors (Lipinski definition) is 2. The summed E-state index contributed by atoms with van der Waals surface area (Å²) in [5.74, 6) is -0.0269. The third-order valence-electron chi connectivity index (χ3n) is 2.78. The third kappa shape index (κ3) is 3.30. The highest BCUT2D eigenvalue weighted by molar-refractivity contribution is 5.97. The molecule has 0 spiro atoms. The number of benzene rings is 1. The SMILES string of the molecule is Cc1cc(C)c(C(=O)N(C)CC(C)O)c(C)c1. The van der Waals surface area contributed by atoms with Crippen LogP contribution in [0.3, 0.4) is 0 Å². The summed E-state index contributed by atoms with van der Waals surface area (Å²) in [6.45, 7) is 7.95. The molecule has 1 rings (SSSR count). The monoisotopic (exact) mass is 235 g/mol. The van der Waals surface area contributed by atoms with Gasteiger partial charge in [-0.1, -0.05) is 17.7 Å². The van der Waals surface area contributed by atoms with Crippen LogP contribution in [-0.2, 0) is 0 Å². The smallest absolute Gasteiger partial charge is 0.254 e. The zero-order chi connectivity index (χ0) is 13.2. The standard InChI is InChI=1S/C14H21NO2/c1-9-6-10(2)13(11(3)7-9)14(17)15(5)8-12(4)16/h6-7,12,16H,8H2,1-5H3. The van der Waals surface area contributed by atoms with E-state index in [1.165, 1.54) is 0 Å². The fourth-order valence-electron chi connectivity index (χ4n) is 2.19. The fraction of sp³-hybridized carbons (Fsp3) is 0.500. The number of aliphatic hydroxyl groups excluding tert-OH is 1. The summed E-state index contributed by atoms with van der Waals surface area (Å²) in [7, 11) is 1.72. The molecule has 1 amide bonds. The van der Waals surface area contributed by atoms with Crippen molar-refractivity contribution in [3.05, 3.63) is 34.4 Å². The number of nitrogens with zero attached hydrogens (tertiary/aromatic N) is 1. The number of hydrogen-bond donors (Lipinski definition) is 1. The van der Waals surface area contributed by atoms with Gasteiger partial charge >= 0.3 is 0 Å². The summed E-state index contributed by atoms with van der Waals surface area (Å²) in [5, 5.41) is 9.31. The van der Waals surface area contributed by atoms with Crippen molar-refractivity contribution < 1.29 is 9.90 Å². The molecule has 1 aromatic rings. The van der Waals surface area contributed by atoms with E-state index in [0.717, 1.165) is 22.3 Å². The van der Waals surface area contributed by atoms with Gasteiger partial charge in [0.2, 0.25) is 0 Å². The van der Waals surface area contributed by atoms with Crippen molar-refractivity contribution >= 4 is 5.91 Å². The van der Waals surface area contributed by atoms with Gasteiger partial charge in [-0.2, -0.15) is 0 Å². The number of likely N-dealkylation sites (N-methyl/N-ethyl adjacent to an activating group) is 1. The maximum absolute atomic E-state index is 12.2. The first kappa shape index (κ1) is 13.7. The van der Waals surface area contributed by atoms with E-state index in [4.69, 9.17) is 0 Å². The minimum absolute atomic E-state index is 0.0269. The molecule has 1 aromatic carbocycles. The largest absolute Gasteiger partial charge is 0.392 e. The molecule has 0 aliphatic rings. The van der Waals surface area contributed by atoms with Gasteiger partial charge in [0.25, 0.3) is 5.91 Å². The van der Waals surface area contributed by atoms with Crippen molar-refractivity contribution in [3.8, 4) is 0 Å². The van der Waals surface area contributed by atoms with E-state index in [-0.39, 0.29) is 5.91 Å². The van der Waals surface area contributed by atoms with Crippen molar-refractivity contribution in [3.63, 3.8) is 0 Å². The van der Waals surface area contributed by atoms with Crippen LogP contribution in [0.15, 0.2) is 12.1 Å². The predicted octanol–water partition coefficient (Wildman–Crippen LogP) is 2.06. The highest BCUT2D eigenvalue weighted by Crippen LogP contribution is 2.18. The molecule has 0 saturated heterocycles. The Balaban J connectivity index is 3.04. The van der Waals surface area contributed by atoms with Gasteiger partial charge in [0, 0.05) is 19.2 Å². The lowest BCUT2D eigenvalue weighted by atomic mass is 9.99. The molecule has 1 unspecified atom stereocenters. The van der Waals surface area contributed by atoms with Crippen molar-refractivity contribution in [1.29, 1.82) is 0 Å². The maximum atomic E-state index is 12.2. The van der Waals surface area contributed by atoms with E-state index in [0.29, 0.717) is 6.54 Å². The molecule has 0 aliphatic heterocycles. The summed E-state index contributed by atoms with van der Waals surface area (Å²) in [6, 6.07) is 4.02. The predicted molar refractivity (Wildman–Crippen MR) is 69.3 cm³/mol. The molecule has 0 aliphatic carbocycles. The minimum atomic E-state index is -0.505. The van der Waals surface area contributed by atoms with Gasteiger partial charge in [-0.05, 0) is 38.8 Å². The lowest BCUT2D eigenvalue weighted by Gasteiger charge is -2.21. The Hall–Kier alpha value is -1.35. The summed E-state index contributed by atoms with van der Waals surface area (Å²) < 4.78 is 0. The molecule has 0 fully saturated rings. The van der Waals surface area contributed by atoms with Crippen LogP contribution in [0.4, 0.5) is 0 Å². The van der Waals surface area contributed by atoms with Crippen LogP contribution >= 0.6 is 0 Å². The number of aryl methyl sites for hydroxylation is 3. The van der Waals surface area contributed by atoms with Gasteiger partial charge in [-0.3, -0.25) is 4.79 Å². The van der Waals surface area contributed by atoms with E-state index in [2.05, 4.69) is 0 Å². The molecule has 0 bridgehead atoms. The molecular weight excluding hydrogens is 214 g/mol. The van der Waals surface area contributed by atoms with E-state index < -0.39 is 6.10 Å². The number of carbonyl (C=O) groups is 1. The lowest BCUT2D eigenvalue weighted by Crippen LogP contribution is -2.33. The van der Waals surface area contributed by atoms with Gasteiger partial charge < -0.3 is 10.0 Å². The van der Waals surface area contributed by atoms with Crippen LogP contribution in [-0.4, -0.2) is 35.6 Å². The van der Waals surface area contributed by atoms with Crippen LogP contribution in [0.5, 0.6) is 0 Å². The Morgan fingerprint density at radius 1 is 1.29 bits per heavy atom. The second-order valence-corrected chi connectivity index (χ2v) is 4.81. The van der Waals surface area contributed by atoms with Crippen molar-refractivity contribution in [1.82, 2.24) is 4.90 Å². The van der Waals surface area contributed by atoms with Crippen molar-refractivity contribution in [2.24, 2.45) is 0 Å². The summed E-state index contributed by atoms with van der Waals surface area (Å²) >= 11 is 0. The average Bonchev–Trinajstić information content (AvgIpc) is 2.14. The number of carbonyl (C=O) groups excluding carboxylic acids is 1. The molecule has 3 heteroatoms. The highest BCUT2D eigenvalue weighted by Gasteiger charge is 2.17. The molecule has 0 aromatic heterocycles. The lowest BCUT2D eigenvalue weighted by molar-refractivity contribution is 0.0702. The highest BCUT2D eigenvalue weighted by atomic mass is 16.3. The quantitative estimate of drug-likeness (QED) is 0.871. The van der Waals surface area contributed by atoms with Gasteiger partial charge in [0.1, 0.15) is 0 Å². The van der Waals surface area contributed by atoms with Crippen LogP contribution in [0.2, 0.25) is 0 Å². The van der Waals surface area contributed by atoms with E-state index in [9.17, 15) is 9.90 Å². The molecule has 0 heterocycles.